The summed E-state index contributed by atoms with van der Waals surface area (Å²) in [6.45, 7) is 5.68. The number of piperidine rings is 1. The summed E-state index contributed by atoms with van der Waals surface area (Å²) in [5.41, 5.74) is 3.68. The fourth-order valence-electron chi connectivity index (χ4n) is 5.35. The van der Waals surface area contributed by atoms with Crippen molar-refractivity contribution in [1.29, 1.82) is 0 Å². The molecule has 0 spiro atoms. The Morgan fingerprint density at radius 2 is 2.08 bits per heavy atom. The number of hydrogen-bond acceptors (Lipinski definition) is 6. The van der Waals surface area contributed by atoms with Gasteiger partial charge < -0.3 is 14.6 Å². The van der Waals surface area contributed by atoms with Gasteiger partial charge in [0.2, 0.25) is 0 Å². The van der Waals surface area contributed by atoms with E-state index in [1.165, 1.54) is 29.5 Å². The number of fused-ring (bicyclic) bond motifs is 1. The van der Waals surface area contributed by atoms with Crippen LogP contribution in [0.1, 0.15) is 47.3 Å². The fourth-order valence-corrected chi connectivity index (χ4v) is 5.88. The van der Waals surface area contributed by atoms with Crippen LogP contribution in [0.25, 0.3) is 0 Å². The average molecular weight is 534 g/mol. The molecular weight excluding hydrogens is 503 g/mol. The first kappa shape index (κ1) is 25.7. The molecule has 3 aromatic rings. The van der Waals surface area contributed by atoms with E-state index in [9.17, 15) is 18.0 Å². The highest BCUT2D eigenvalue weighted by Gasteiger charge is 2.56. The Labute approximate surface area is 217 Å². The second-order valence-corrected chi connectivity index (χ2v) is 10.6. The van der Waals surface area contributed by atoms with Gasteiger partial charge in [0, 0.05) is 56.4 Å². The number of nitrogens with one attached hydrogen (secondary N) is 1. The van der Waals surface area contributed by atoms with Crippen molar-refractivity contribution in [2.24, 2.45) is 17.8 Å². The second-order valence-electron chi connectivity index (χ2n) is 9.90. The Balaban J connectivity index is 1.20. The lowest BCUT2D eigenvalue weighted by atomic mass is 10.1. The molecule has 2 aromatic heterocycles. The summed E-state index contributed by atoms with van der Waals surface area (Å²) < 4.78 is 42.1. The highest BCUT2D eigenvalue weighted by molar-refractivity contribution is 7.07. The maximum Gasteiger partial charge on any atom is 0.573 e. The number of carbonyl (C=O) groups is 1. The Kier molecular flexibility index (Phi) is 7.52. The third-order valence-corrected chi connectivity index (χ3v) is 7.75. The van der Waals surface area contributed by atoms with Crippen LogP contribution >= 0.6 is 11.3 Å². The average Bonchev–Trinajstić information content (AvgIpc) is 3.37. The number of nitrogens with zero attached hydrogens (tertiary/aromatic N) is 4. The van der Waals surface area contributed by atoms with E-state index in [-0.39, 0.29) is 18.2 Å². The number of aromatic nitrogens is 3. The predicted molar refractivity (Wildman–Crippen MR) is 133 cm³/mol. The lowest BCUT2D eigenvalue weighted by Crippen LogP contribution is -2.35. The first-order chi connectivity index (χ1) is 17.8. The van der Waals surface area contributed by atoms with Gasteiger partial charge >= 0.3 is 6.36 Å². The molecule has 1 saturated carbocycles. The van der Waals surface area contributed by atoms with E-state index in [1.54, 1.807) is 21.9 Å². The topological polar surface area (TPSA) is 74.3 Å². The van der Waals surface area contributed by atoms with Crippen molar-refractivity contribution in [1.82, 2.24) is 24.8 Å². The number of benzene rings is 1. The molecule has 198 valence electrons. The second kappa shape index (κ2) is 10.8. The molecule has 1 aliphatic heterocycles. The van der Waals surface area contributed by atoms with Crippen LogP contribution in [0, 0.1) is 17.8 Å². The predicted octanol–water partition coefficient (Wildman–Crippen LogP) is 5.13. The summed E-state index contributed by atoms with van der Waals surface area (Å²) in [7, 11) is 0. The molecule has 0 radical (unpaired) electrons. The van der Waals surface area contributed by atoms with Gasteiger partial charge in [0.25, 0.3) is 5.91 Å². The summed E-state index contributed by atoms with van der Waals surface area (Å²) >= 11 is 1.34. The molecule has 2 aliphatic rings. The van der Waals surface area contributed by atoms with Crippen molar-refractivity contribution >= 4 is 17.2 Å². The molecule has 2 unspecified atom stereocenters. The van der Waals surface area contributed by atoms with E-state index in [4.69, 9.17) is 0 Å². The van der Waals surface area contributed by atoms with E-state index < -0.39 is 6.36 Å². The number of carbonyl (C=O) groups excluding carboxylic acids is 1. The maximum absolute atomic E-state index is 13.2. The number of halogens is 3. The minimum Gasteiger partial charge on any atom is -0.406 e. The summed E-state index contributed by atoms with van der Waals surface area (Å²) in [6.07, 6.45) is 0.397. The number of H-pyrrole nitrogens is 1. The zero-order valence-corrected chi connectivity index (χ0v) is 21.4. The van der Waals surface area contributed by atoms with Crippen molar-refractivity contribution in [3.63, 3.8) is 0 Å². The number of imidazole rings is 1. The summed E-state index contributed by atoms with van der Waals surface area (Å²) in [4.78, 5) is 29.4. The van der Waals surface area contributed by atoms with Gasteiger partial charge in [-0.15, -0.1) is 24.5 Å². The number of alkyl halides is 3. The van der Waals surface area contributed by atoms with Gasteiger partial charge in [-0.25, -0.2) is 9.97 Å². The maximum atomic E-state index is 13.2. The lowest BCUT2D eigenvalue weighted by Gasteiger charge is -2.25. The Hall–Kier alpha value is -2.92. The standard InChI is InChI=1S/C26H30F3N5O2S/c1-2-3-7-24-30-9-18(32-24)11-33-12-20-21(13-33)22(20)14-34(25(35)23-15-37-16-31-23)10-17-5-4-6-19(8-17)36-26(27,28)29/h4-6,8-9,15-16,20-22H,2-3,7,10-14H2,1H3,(H,30,32). The summed E-state index contributed by atoms with van der Waals surface area (Å²) in [5.74, 6) is 1.93. The quantitative estimate of drug-likeness (QED) is 0.370. The van der Waals surface area contributed by atoms with Crippen LogP contribution in [-0.4, -0.2) is 56.7 Å². The molecule has 7 nitrogen and oxygen atoms in total. The zero-order chi connectivity index (χ0) is 26.0. The van der Waals surface area contributed by atoms with E-state index in [0.717, 1.165) is 50.4 Å². The molecule has 1 N–H and O–H groups in total. The smallest absolute Gasteiger partial charge is 0.406 e. The number of aromatic amines is 1. The Morgan fingerprint density at radius 3 is 2.78 bits per heavy atom. The minimum absolute atomic E-state index is 0.194. The van der Waals surface area contributed by atoms with Crippen LogP contribution in [-0.2, 0) is 19.5 Å². The SMILES string of the molecule is CCCCc1ncc(CN2CC3C(C2)C3CN(Cc2cccc(OC(F)(F)F)c2)C(=O)c2cscn2)[nH]1. The van der Waals surface area contributed by atoms with E-state index in [2.05, 4.69) is 31.5 Å². The number of ether oxygens (including phenoxy) is 1. The summed E-state index contributed by atoms with van der Waals surface area (Å²) in [5, 5.41) is 1.70. The van der Waals surface area contributed by atoms with Crippen LogP contribution in [0.4, 0.5) is 13.2 Å². The van der Waals surface area contributed by atoms with Gasteiger partial charge in [0.15, 0.2) is 0 Å². The van der Waals surface area contributed by atoms with Crippen LogP contribution in [0.15, 0.2) is 41.4 Å². The summed E-state index contributed by atoms with van der Waals surface area (Å²) in [6, 6.07) is 5.81. The molecule has 37 heavy (non-hydrogen) atoms. The molecule has 1 aromatic carbocycles. The molecule has 0 bridgehead atoms. The highest BCUT2D eigenvalue weighted by atomic mass is 32.1. The van der Waals surface area contributed by atoms with Gasteiger partial charge in [-0.05, 0) is 41.9 Å². The first-order valence-corrected chi connectivity index (χ1v) is 13.5. The molecule has 2 atom stereocenters. The molecule has 3 heterocycles. The van der Waals surface area contributed by atoms with Crippen LogP contribution in [0.2, 0.25) is 0 Å². The third kappa shape index (κ3) is 6.51. The number of aryl methyl sites for hydroxylation is 1. The van der Waals surface area contributed by atoms with Crippen molar-refractivity contribution in [2.75, 3.05) is 19.6 Å². The van der Waals surface area contributed by atoms with Crippen LogP contribution < -0.4 is 4.74 Å². The van der Waals surface area contributed by atoms with E-state index >= 15 is 0 Å². The Morgan fingerprint density at radius 1 is 1.27 bits per heavy atom. The number of likely N-dealkylation sites (tertiary alicyclic amines) is 1. The third-order valence-electron chi connectivity index (χ3n) is 7.16. The zero-order valence-electron chi connectivity index (χ0n) is 20.6. The van der Waals surface area contributed by atoms with Crippen LogP contribution in [0.5, 0.6) is 5.75 Å². The lowest BCUT2D eigenvalue weighted by molar-refractivity contribution is -0.274. The molecule has 1 saturated heterocycles. The molecule has 5 rings (SSSR count). The van der Waals surface area contributed by atoms with Crippen molar-refractivity contribution in [2.45, 2.75) is 45.6 Å². The first-order valence-electron chi connectivity index (χ1n) is 12.6. The van der Waals surface area contributed by atoms with Crippen molar-refractivity contribution in [3.8, 4) is 5.75 Å². The molecule has 1 amide bonds. The number of unbranched alkanes of at least 4 members (excludes halogenated alkanes) is 1. The molecule has 11 heteroatoms. The molecular formula is C26H30F3N5O2S. The number of hydrogen-bond donors (Lipinski definition) is 1. The van der Waals surface area contributed by atoms with Crippen molar-refractivity contribution in [3.05, 3.63) is 64.1 Å². The number of rotatable bonds is 11. The highest BCUT2D eigenvalue weighted by Crippen LogP contribution is 2.52. The van der Waals surface area contributed by atoms with E-state index in [1.807, 2.05) is 6.20 Å². The van der Waals surface area contributed by atoms with Gasteiger partial charge in [-0.3, -0.25) is 9.69 Å². The van der Waals surface area contributed by atoms with Gasteiger partial charge in [0.1, 0.15) is 17.3 Å². The van der Waals surface area contributed by atoms with Crippen LogP contribution in [0.3, 0.4) is 0 Å². The molecule has 1 aliphatic carbocycles. The van der Waals surface area contributed by atoms with Gasteiger partial charge in [-0.2, -0.15) is 0 Å². The number of amides is 1. The van der Waals surface area contributed by atoms with E-state index in [0.29, 0.717) is 35.6 Å². The van der Waals surface area contributed by atoms with Gasteiger partial charge in [-0.1, -0.05) is 25.5 Å². The normalized spacial score (nSPS) is 21.1. The van der Waals surface area contributed by atoms with Crippen molar-refractivity contribution < 1.29 is 22.7 Å². The minimum atomic E-state index is -4.76. The molecule has 2 fully saturated rings. The fraction of sp³-hybridized carbons (Fsp3) is 0.500. The largest absolute Gasteiger partial charge is 0.573 e. The monoisotopic (exact) mass is 533 g/mol. The number of thiazole rings is 1. The Bertz CT molecular complexity index is 1190. The van der Waals surface area contributed by atoms with Gasteiger partial charge in [0.05, 0.1) is 5.51 Å².